The summed E-state index contributed by atoms with van der Waals surface area (Å²) in [6.45, 7) is 3.67. The molecular weight excluding hydrogens is 540 g/mol. The number of aromatic nitrogens is 2. The van der Waals surface area contributed by atoms with Crippen molar-refractivity contribution in [1.82, 2.24) is 10.2 Å². The van der Waals surface area contributed by atoms with E-state index >= 15 is 0 Å². The average molecular weight is 567 g/mol. The molecule has 11 nitrogen and oxygen atoms in total. The van der Waals surface area contributed by atoms with E-state index in [1.165, 1.54) is 14.2 Å². The van der Waals surface area contributed by atoms with E-state index < -0.39 is 35.1 Å². The molecule has 0 unspecified atom stereocenters. The van der Waals surface area contributed by atoms with Crippen molar-refractivity contribution in [2.45, 2.75) is 31.6 Å². The molecule has 0 radical (unpaired) electrons. The number of carbonyl (C=O) groups is 3. The van der Waals surface area contributed by atoms with Gasteiger partial charge in [0.2, 0.25) is 5.89 Å². The summed E-state index contributed by atoms with van der Waals surface area (Å²) in [4.78, 5) is 38.8. The topological polar surface area (TPSA) is 158 Å². The summed E-state index contributed by atoms with van der Waals surface area (Å²) >= 11 is 0.938. The van der Waals surface area contributed by atoms with E-state index in [2.05, 4.69) is 10.2 Å². The van der Waals surface area contributed by atoms with Crippen molar-refractivity contribution in [3.63, 3.8) is 0 Å². The first-order valence-electron chi connectivity index (χ1n) is 12.0. The Kier molecular flexibility index (Phi) is 8.58. The number of ether oxygens (including phenoxy) is 3. The van der Waals surface area contributed by atoms with Crippen molar-refractivity contribution < 1.29 is 43.2 Å². The van der Waals surface area contributed by atoms with Gasteiger partial charge in [-0.25, -0.2) is 0 Å². The van der Waals surface area contributed by atoms with Crippen molar-refractivity contribution in [2.24, 2.45) is 0 Å². The van der Waals surface area contributed by atoms with Crippen LogP contribution in [0.5, 0.6) is 23.0 Å². The Morgan fingerprint density at radius 3 is 2.40 bits per heavy atom. The zero-order valence-electron chi connectivity index (χ0n) is 22.1. The highest BCUT2D eigenvalue weighted by molar-refractivity contribution is 7.99. The van der Waals surface area contributed by atoms with Crippen molar-refractivity contribution in [1.29, 1.82) is 0 Å². The summed E-state index contributed by atoms with van der Waals surface area (Å²) in [6.07, 6.45) is 1.79. The molecule has 40 heavy (non-hydrogen) atoms. The number of aromatic hydroxyl groups is 2. The van der Waals surface area contributed by atoms with Crippen LogP contribution in [0.2, 0.25) is 0 Å². The van der Waals surface area contributed by atoms with Gasteiger partial charge in [-0.3, -0.25) is 14.4 Å². The van der Waals surface area contributed by atoms with Gasteiger partial charge in [-0.15, -0.1) is 10.2 Å². The zero-order valence-corrected chi connectivity index (χ0v) is 22.9. The van der Waals surface area contributed by atoms with Crippen LogP contribution >= 0.6 is 11.8 Å². The Labute approximate surface area is 233 Å². The number of esters is 1. The number of carbonyl (C=O) groups excluding carboxylic acids is 3. The number of allylic oxidation sites excluding steroid dienone is 2. The molecule has 1 aliphatic carbocycles. The molecule has 4 rings (SSSR count). The number of methoxy groups -OCH3 is 2. The molecular formula is C28H26N2O9S. The van der Waals surface area contributed by atoms with E-state index in [9.17, 15) is 24.6 Å². The minimum absolute atomic E-state index is 0.109. The number of ketones is 2. The summed E-state index contributed by atoms with van der Waals surface area (Å²) in [5, 5.41) is 28.4. The molecule has 0 aliphatic heterocycles. The number of fused-ring (bicyclic) bond motifs is 1. The number of rotatable bonds is 10. The van der Waals surface area contributed by atoms with Gasteiger partial charge in [0.15, 0.2) is 23.1 Å². The maximum Gasteiger partial charge on any atom is 0.317 e. The van der Waals surface area contributed by atoms with Crippen LogP contribution in [0.4, 0.5) is 0 Å². The first kappa shape index (κ1) is 28.4. The number of benzene rings is 2. The number of phenols is 2. The maximum atomic E-state index is 13.2. The summed E-state index contributed by atoms with van der Waals surface area (Å²) in [5.74, 6) is -1.98. The molecule has 0 saturated heterocycles. The Morgan fingerprint density at radius 1 is 1.02 bits per heavy atom. The molecule has 0 bridgehead atoms. The quantitative estimate of drug-likeness (QED) is 0.153. The summed E-state index contributed by atoms with van der Waals surface area (Å²) in [7, 11) is 3.03. The van der Waals surface area contributed by atoms with Crippen molar-refractivity contribution in [3.8, 4) is 34.5 Å². The monoisotopic (exact) mass is 566 g/mol. The molecule has 2 aromatic carbocycles. The van der Waals surface area contributed by atoms with Crippen LogP contribution in [-0.2, 0) is 9.53 Å². The summed E-state index contributed by atoms with van der Waals surface area (Å²) in [5.41, 5.74) is 0.758. The lowest BCUT2D eigenvalue weighted by atomic mass is 9.85. The van der Waals surface area contributed by atoms with Crippen LogP contribution in [-0.4, -0.2) is 64.0 Å². The van der Waals surface area contributed by atoms with Crippen LogP contribution < -0.4 is 9.47 Å². The van der Waals surface area contributed by atoms with Gasteiger partial charge in [0.05, 0.1) is 25.3 Å². The second-order valence-corrected chi connectivity index (χ2v) is 9.80. The Morgan fingerprint density at radius 2 is 1.73 bits per heavy atom. The molecule has 1 heterocycles. The Bertz CT molecular complexity index is 1540. The fourth-order valence-corrected chi connectivity index (χ4v) is 4.52. The van der Waals surface area contributed by atoms with Gasteiger partial charge in [0, 0.05) is 17.6 Å². The third kappa shape index (κ3) is 6.01. The smallest absolute Gasteiger partial charge is 0.317 e. The number of thioether (sulfide) groups is 1. The first-order chi connectivity index (χ1) is 19.1. The predicted octanol–water partition coefficient (Wildman–Crippen LogP) is 4.53. The molecule has 3 aromatic rings. The molecule has 1 aliphatic rings. The van der Waals surface area contributed by atoms with Gasteiger partial charge in [-0.2, -0.15) is 0 Å². The number of Topliss-reactive ketones (excluding diaryl/α,β-unsaturated/α-hetero) is 1. The fourth-order valence-electron chi connectivity index (χ4n) is 3.97. The van der Waals surface area contributed by atoms with E-state index in [1.807, 2.05) is 13.8 Å². The maximum absolute atomic E-state index is 13.2. The number of nitrogens with zero attached hydrogens (tertiary/aromatic N) is 2. The van der Waals surface area contributed by atoms with Crippen LogP contribution in [0.1, 0.15) is 41.0 Å². The highest BCUT2D eigenvalue weighted by Gasteiger charge is 2.35. The molecule has 12 heteroatoms. The van der Waals surface area contributed by atoms with Gasteiger partial charge < -0.3 is 28.8 Å². The molecule has 2 N–H and O–H groups in total. The van der Waals surface area contributed by atoms with Crippen LogP contribution in [0.3, 0.4) is 0 Å². The highest BCUT2D eigenvalue weighted by Crippen LogP contribution is 2.37. The average Bonchev–Trinajstić information content (AvgIpc) is 3.41. The lowest BCUT2D eigenvalue weighted by Crippen LogP contribution is -2.29. The number of phenolic OH excluding ortho intramolecular Hbond substituents is 2. The van der Waals surface area contributed by atoms with Crippen LogP contribution in [0, 0.1) is 0 Å². The zero-order chi connectivity index (χ0) is 29.0. The highest BCUT2D eigenvalue weighted by atomic mass is 32.2. The third-order valence-corrected chi connectivity index (χ3v) is 6.69. The van der Waals surface area contributed by atoms with Gasteiger partial charge in [-0.1, -0.05) is 23.4 Å². The van der Waals surface area contributed by atoms with E-state index in [-0.39, 0.29) is 40.0 Å². The first-order valence-corrected chi connectivity index (χ1v) is 13.0. The van der Waals surface area contributed by atoms with Crippen molar-refractivity contribution in [3.05, 3.63) is 64.8 Å². The summed E-state index contributed by atoms with van der Waals surface area (Å²) < 4.78 is 21.8. The van der Waals surface area contributed by atoms with Crippen LogP contribution in [0.15, 0.2) is 63.3 Å². The Balaban J connectivity index is 1.49. The third-order valence-electron chi connectivity index (χ3n) is 5.89. The van der Waals surface area contributed by atoms with Gasteiger partial charge in [0.1, 0.15) is 23.4 Å². The van der Waals surface area contributed by atoms with Crippen LogP contribution in [0.25, 0.3) is 11.5 Å². The van der Waals surface area contributed by atoms with E-state index in [1.54, 1.807) is 24.3 Å². The van der Waals surface area contributed by atoms with Crippen molar-refractivity contribution in [2.75, 3.05) is 20.0 Å². The minimum Gasteiger partial charge on any atom is -0.507 e. The normalized spacial score (nSPS) is 13.2. The molecule has 1 aromatic heterocycles. The van der Waals surface area contributed by atoms with Crippen molar-refractivity contribution >= 4 is 29.3 Å². The van der Waals surface area contributed by atoms with E-state index in [0.29, 0.717) is 17.1 Å². The van der Waals surface area contributed by atoms with Gasteiger partial charge in [-0.05, 0) is 50.3 Å². The number of hydrogen-bond acceptors (Lipinski definition) is 12. The lowest BCUT2D eigenvalue weighted by Gasteiger charge is -2.23. The number of hydrogen-bond donors (Lipinski definition) is 2. The standard InChI is InChI=1S/C28H26N2O9S/c1-14(2)5-9-20(16-12-19(33)24-17(31)7-8-18(32)25(24)26(16)35)38-23(34)13-40-28-30-29-27(39-28)15-6-10-21(36-3)22(11-15)37-4/h5-8,10-12,20,31-32H,9,13H2,1-4H3/t20-/m1/s1. The Hall–Kier alpha value is -4.58. The molecule has 0 amide bonds. The predicted molar refractivity (Wildman–Crippen MR) is 144 cm³/mol. The van der Waals surface area contributed by atoms with Gasteiger partial charge in [0.25, 0.3) is 5.22 Å². The molecule has 0 saturated carbocycles. The summed E-state index contributed by atoms with van der Waals surface area (Å²) in [6, 6.07) is 7.34. The molecule has 0 fully saturated rings. The fraction of sp³-hybridized carbons (Fsp3) is 0.250. The minimum atomic E-state index is -1.11. The largest absolute Gasteiger partial charge is 0.507 e. The van der Waals surface area contributed by atoms with Gasteiger partial charge >= 0.3 is 5.97 Å². The van der Waals surface area contributed by atoms with E-state index in [0.717, 1.165) is 35.5 Å². The second kappa shape index (κ2) is 12.1. The second-order valence-electron chi connectivity index (χ2n) is 8.87. The SMILES string of the molecule is COc1ccc(-c2nnc(SCC(=O)O[C@H](CC=C(C)C)C3=CC(=O)c4c(O)ccc(O)c4C3=O)o2)cc1OC. The van der Waals surface area contributed by atoms with E-state index in [4.69, 9.17) is 18.6 Å². The molecule has 208 valence electrons. The lowest BCUT2D eigenvalue weighted by molar-refractivity contribution is -0.143. The molecule has 1 atom stereocenters. The molecule has 0 spiro atoms.